The van der Waals surface area contributed by atoms with E-state index in [9.17, 15) is 4.79 Å². The summed E-state index contributed by atoms with van der Waals surface area (Å²) in [4.78, 5) is 15.2. The summed E-state index contributed by atoms with van der Waals surface area (Å²) >= 11 is 2.12. The Balaban J connectivity index is 2.43. The molecule has 1 N–H and O–H groups in total. The van der Waals surface area contributed by atoms with Crippen molar-refractivity contribution in [1.29, 1.82) is 0 Å². The molecule has 2 rings (SSSR count). The number of aromatic nitrogens is 3. The maximum absolute atomic E-state index is 11.0. The predicted molar refractivity (Wildman–Crippen MR) is 67.3 cm³/mol. The second kappa shape index (κ2) is 4.24. The van der Waals surface area contributed by atoms with Gasteiger partial charge in [0.25, 0.3) is 0 Å². The van der Waals surface area contributed by atoms with Gasteiger partial charge in [-0.3, -0.25) is 5.32 Å². The highest BCUT2D eigenvalue weighted by molar-refractivity contribution is 14.1. The van der Waals surface area contributed by atoms with Gasteiger partial charge in [-0.1, -0.05) is 0 Å². The molecule has 0 aromatic carbocycles. The fourth-order valence-electron chi connectivity index (χ4n) is 1.34. The summed E-state index contributed by atoms with van der Waals surface area (Å²) in [5.74, 6) is 0. The van der Waals surface area contributed by atoms with Crippen LogP contribution in [0.2, 0.25) is 0 Å². The molecule has 6 nitrogen and oxygen atoms in total. The lowest BCUT2D eigenvalue weighted by molar-refractivity contribution is 0.187. The number of nitrogens with one attached hydrogen (secondary N) is 1. The largest absolute Gasteiger partial charge is 0.453 e. The van der Waals surface area contributed by atoms with Crippen LogP contribution in [0, 0.1) is 3.70 Å². The van der Waals surface area contributed by atoms with Gasteiger partial charge >= 0.3 is 6.09 Å². The zero-order chi connectivity index (χ0) is 11.7. The molecule has 0 saturated carbocycles. The third kappa shape index (κ3) is 1.94. The van der Waals surface area contributed by atoms with E-state index >= 15 is 0 Å². The first kappa shape index (κ1) is 11.1. The van der Waals surface area contributed by atoms with Crippen LogP contribution < -0.4 is 5.32 Å². The Kier molecular flexibility index (Phi) is 2.95. The first-order valence-corrected chi connectivity index (χ1v) is 5.53. The summed E-state index contributed by atoms with van der Waals surface area (Å²) < 4.78 is 7.04. The van der Waals surface area contributed by atoms with E-state index in [2.05, 4.69) is 42.7 Å². The van der Waals surface area contributed by atoms with Crippen LogP contribution in [-0.4, -0.2) is 28.0 Å². The molecule has 0 unspecified atom stereocenters. The van der Waals surface area contributed by atoms with E-state index < -0.39 is 6.09 Å². The first-order valence-electron chi connectivity index (χ1n) is 4.45. The zero-order valence-corrected chi connectivity index (χ0v) is 10.8. The van der Waals surface area contributed by atoms with Crippen LogP contribution >= 0.6 is 22.6 Å². The van der Waals surface area contributed by atoms with Crippen molar-refractivity contribution in [3.8, 4) is 0 Å². The number of halogens is 1. The number of hydrogen-bond donors (Lipinski definition) is 1. The van der Waals surface area contributed by atoms with Gasteiger partial charge in [-0.2, -0.15) is 5.10 Å². The van der Waals surface area contributed by atoms with E-state index in [0.29, 0.717) is 5.69 Å². The number of rotatable bonds is 1. The Hall–Kier alpha value is -1.38. The van der Waals surface area contributed by atoms with Gasteiger partial charge in [0.2, 0.25) is 0 Å². The van der Waals surface area contributed by atoms with Crippen molar-refractivity contribution in [3.05, 3.63) is 16.0 Å². The smallest absolute Gasteiger partial charge is 0.411 e. The summed E-state index contributed by atoms with van der Waals surface area (Å²) in [5, 5.41) is 7.68. The highest BCUT2D eigenvalue weighted by atomic mass is 127. The lowest BCUT2D eigenvalue weighted by atomic mass is 10.3. The molecule has 16 heavy (non-hydrogen) atoms. The number of nitrogens with zero attached hydrogens (tertiary/aromatic N) is 3. The number of aryl methyl sites for hydroxylation is 1. The van der Waals surface area contributed by atoms with E-state index in [4.69, 9.17) is 0 Å². The molecule has 0 radical (unpaired) electrons. The SMILES string of the molecule is COC(=O)Nc1cnc2c(c1)c(I)nn2C. The molecule has 0 bridgehead atoms. The summed E-state index contributed by atoms with van der Waals surface area (Å²) in [6, 6.07) is 1.81. The molecule has 2 heterocycles. The number of ether oxygens (including phenoxy) is 1. The van der Waals surface area contributed by atoms with E-state index in [1.54, 1.807) is 10.9 Å². The van der Waals surface area contributed by atoms with Crippen molar-refractivity contribution in [2.75, 3.05) is 12.4 Å². The van der Waals surface area contributed by atoms with Crippen LogP contribution in [0.5, 0.6) is 0 Å². The Morgan fingerprint density at radius 1 is 1.62 bits per heavy atom. The normalized spacial score (nSPS) is 10.4. The number of anilines is 1. The summed E-state index contributed by atoms with van der Waals surface area (Å²) in [6.07, 6.45) is 1.05. The van der Waals surface area contributed by atoms with Crippen LogP contribution in [0.1, 0.15) is 0 Å². The van der Waals surface area contributed by atoms with Crippen LogP contribution in [0.3, 0.4) is 0 Å². The molecule has 0 spiro atoms. The Morgan fingerprint density at radius 2 is 2.38 bits per heavy atom. The average molecular weight is 332 g/mol. The molecular formula is C9H9IN4O2. The maximum Gasteiger partial charge on any atom is 0.411 e. The molecule has 0 atom stereocenters. The van der Waals surface area contributed by atoms with Gasteiger partial charge < -0.3 is 4.74 Å². The minimum Gasteiger partial charge on any atom is -0.453 e. The minimum atomic E-state index is -0.514. The number of pyridine rings is 1. The molecule has 0 aliphatic carbocycles. The number of amides is 1. The molecule has 2 aromatic heterocycles. The van der Waals surface area contributed by atoms with Crippen molar-refractivity contribution >= 4 is 45.4 Å². The van der Waals surface area contributed by atoms with Gasteiger partial charge in [-0.05, 0) is 28.7 Å². The zero-order valence-electron chi connectivity index (χ0n) is 8.69. The van der Waals surface area contributed by atoms with Gasteiger partial charge in [0.05, 0.1) is 24.4 Å². The molecule has 7 heteroatoms. The monoisotopic (exact) mass is 332 g/mol. The van der Waals surface area contributed by atoms with Gasteiger partial charge in [0, 0.05) is 7.05 Å². The topological polar surface area (TPSA) is 69.0 Å². The Labute approximate surface area is 105 Å². The summed E-state index contributed by atoms with van der Waals surface area (Å²) in [5.41, 5.74) is 1.37. The van der Waals surface area contributed by atoms with E-state index in [0.717, 1.165) is 14.7 Å². The lowest BCUT2D eigenvalue weighted by Crippen LogP contribution is -2.11. The summed E-state index contributed by atoms with van der Waals surface area (Å²) in [7, 11) is 3.14. The Morgan fingerprint density at radius 3 is 3.06 bits per heavy atom. The molecule has 0 aliphatic rings. The third-order valence-corrected chi connectivity index (χ3v) is 2.86. The van der Waals surface area contributed by atoms with Crippen molar-refractivity contribution in [2.45, 2.75) is 0 Å². The van der Waals surface area contributed by atoms with Crippen LogP contribution in [-0.2, 0) is 11.8 Å². The van der Waals surface area contributed by atoms with Crippen molar-refractivity contribution in [3.63, 3.8) is 0 Å². The van der Waals surface area contributed by atoms with Gasteiger partial charge in [-0.25, -0.2) is 14.5 Å². The fraction of sp³-hybridized carbons (Fsp3) is 0.222. The molecule has 1 amide bonds. The third-order valence-electron chi connectivity index (χ3n) is 2.07. The number of hydrogen-bond acceptors (Lipinski definition) is 4. The highest BCUT2D eigenvalue weighted by Gasteiger charge is 2.09. The van der Waals surface area contributed by atoms with Gasteiger partial charge in [0.1, 0.15) is 3.70 Å². The number of methoxy groups -OCH3 is 1. The second-order valence-corrected chi connectivity index (χ2v) is 4.15. The number of carbonyl (C=O) groups is 1. The highest BCUT2D eigenvalue weighted by Crippen LogP contribution is 2.21. The number of carbonyl (C=O) groups excluding carboxylic acids is 1. The quantitative estimate of drug-likeness (QED) is 0.808. The van der Waals surface area contributed by atoms with E-state index in [1.165, 1.54) is 7.11 Å². The second-order valence-electron chi connectivity index (χ2n) is 3.13. The maximum atomic E-state index is 11.0. The molecule has 84 valence electrons. The first-order chi connectivity index (χ1) is 7.61. The average Bonchev–Trinajstić information content (AvgIpc) is 2.54. The van der Waals surface area contributed by atoms with Crippen LogP contribution in [0.25, 0.3) is 11.0 Å². The van der Waals surface area contributed by atoms with Crippen molar-refractivity contribution in [2.24, 2.45) is 7.05 Å². The van der Waals surface area contributed by atoms with Gasteiger partial charge in [-0.15, -0.1) is 0 Å². The Bertz CT molecular complexity index is 552. The lowest BCUT2D eigenvalue weighted by Gasteiger charge is -2.02. The summed E-state index contributed by atoms with van der Waals surface area (Å²) in [6.45, 7) is 0. The standard InChI is InChI=1S/C9H9IN4O2/c1-14-8-6(7(10)13-14)3-5(4-11-8)12-9(15)16-2/h3-4H,1-2H3,(H,12,15). The molecule has 0 fully saturated rings. The predicted octanol–water partition coefficient (Wildman–Crippen LogP) is 1.75. The fourth-order valence-corrected chi connectivity index (χ4v) is 2.06. The molecule has 2 aromatic rings. The van der Waals surface area contributed by atoms with E-state index in [1.807, 2.05) is 13.1 Å². The van der Waals surface area contributed by atoms with Crippen molar-refractivity contribution in [1.82, 2.24) is 14.8 Å². The van der Waals surface area contributed by atoms with Gasteiger partial charge in [0.15, 0.2) is 5.65 Å². The van der Waals surface area contributed by atoms with Crippen LogP contribution in [0.4, 0.5) is 10.5 Å². The van der Waals surface area contributed by atoms with Crippen molar-refractivity contribution < 1.29 is 9.53 Å². The molecule has 0 saturated heterocycles. The molecule has 0 aliphatic heterocycles. The number of fused-ring (bicyclic) bond motifs is 1. The van der Waals surface area contributed by atoms with Crippen LogP contribution in [0.15, 0.2) is 12.3 Å². The van der Waals surface area contributed by atoms with E-state index in [-0.39, 0.29) is 0 Å². The molecular weight excluding hydrogens is 323 g/mol. The minimum absolute atomic E-state index is 0.514.